The molecule has 0 radical (unpaired) electrons. The van der Waals surface area contributed by atoms with E-state index in [0.717, 1.165) is 0 Å². The zero-order valence-corrected chi connectivity index (χ0v) is 11.4. The third-order valence-corrected chi connectivity index (χ3v) is 2.47. The number of rotatable bonds is 6. The number of hydrogen-bond acceptors (Lipinski definition) is 6. The van der Waals surface area contributed by atoms with Crippen LogP contribution < -0.4 is 9.64 Å². The van der Waals surface area contributed by atoms with E-state index in [1.54, 1.807) is 18.9 Å². The molecule has 0 spiro atoms. The standard InChI is InChI=1S/C11H16ClN3O3/c1-4-18-9(16)5-6-15(2)10-8(12)7-13-11(14-10)17-3/h7H,4-6H2,1-3H3. The summed E-state index contributed by atoms with van der Waals surface area (Å²) in [5.41, 5.74) is 0. The molecule has 18 heavy (non-hydrogen) atoms. The summed E-state index contributed by atoms with van der Waals surface area (Å²) in [6.45, 7) is 2.61. The summed E-state index contributed by atoms with van der Waals surface area (Å²) in [6, 6.07) is 0.234. The summed E-state index contributed by atoms with van der Waals surface area (Å²) in [5, 5.41) is 0.405. The van der Waals surface area contributed by atoms with Crippen LogP contribution in [0.2, 0.25) is 5.02 Å². The third kappa shape index (κ3) is 4.03. The number of carbonyl (C=O) groups excluding carboxylic acids is 1. The van der Waals surface area contributed by atoms with E-state index in [1.165, 1.54) is 13.3 Å². The summed E-state index contributed by atoms with van der Waals surface area (Å²) in [7, 11) is 3.26. The van der Waals surface area contributed by atoms with Crippen molar-refractivity contribution in [3.8, 4) is 6.01 Å². The smallest absolute Gasteiger partial charge is 0.318 e. The average Bonchev–Trinajstić information content (AvgIpc) is 2.37. The van der Waals surface area contributed by atoms with Gasteiger partial charge in [0.05, 0.1) is 26.3 Å². The Morgan fingerprint density at radius 1 is 1.56 bits per heavy atom. The predicted molar refractivity (Wildman–Crippen MR) is 68.1 cm³/mol. The fourth-order valence-electron chi connectivity index (χ4n) is 1.31. The molecule has 1 heterocycles. The zero-order valence-electron chi connectivity index (χ0n) is 10.6. The van der Waals surface area contributed by atoms with E-state index in [0.29, 0.717) is 24.0 Å². The number of ether oxygens (including phenoxy) is 2. The first-order valence-corrected chi connectivity index (χ1v) is 5.89. The Hall–Kier alpha value is -1.56. The Kier molecular flexibility index (Phi) is 5.64. The van der Waals surface area contributed by atoms with Crippen LogP contribution in [0.15, 0.2) is 6.20 Å². The third-order valence-electron chi connectivity index (χ3n) is 2.20. The molecule has 0 unspecified atom stereocenters. The van der Waals surface area contributed by atoms with E-state index in [-0.39, 0.29) is 18.4 Å². The zero-order chi connectivity index (χ0) is 13.5. The van der Waals surface area contributed by atoms with Gasteiger partial charge in [0, 0.05) is 13.6 Å². The van der Waals surface area contributed by atoms with Crippen LogP contribution in [-0.2, 0) is 9.53 Å². The molecule has 100 valence electrons. The van der Waals surface area contributed by atoms with E-state index in [1.807, 2.05) is 0 Å². The molecule has 7 heteroatoms. The van der Waals surface area contributed by atoms with Gasteiger partial charge in [0.1, 0.15) is 5.02 Å². The minimum absolute atomic E-state index is 0.234. The fourth-order valence-corrected chi connectivity index (χ4v) is 1.54. The minimum Gasteiger partial charge on any atom is -0.467 e. The number of anilines is 1. The van der Waals surface area contributed by atoms with Crippen molar-refractivity contribution < 1.29 is 14.3 Å². The van der Waals surface area contributed by atoms with Gasteiger partial charge < -0.3 is 14.4 Å². The molecule has 0 saturated carbocycles. The summed E-state index contributed by atoms with van der Waals surface area (Å²) in [4.78, 5) is 21.0. The lowest BCUT2D eigenvalue weighted by molar-refractivity contribution is -0.142. The lowest BCUT2D eigenvalue weighted by atomic mass is 10.4. The van der Waals surface area contributed by atoms with Crippen molar-refractivity contribution in [1.82, 2.24) is 9.97 Å². The van der Waals surface area contributed by atoms with Gasteiger partial charge in [0.25, 0.3) is 0 Å². The van der Waals surface area contributed by atoms with Gasteiger partial charge in [0.2, 0.25) is 0 Å². The summed E-state index contributed by atoms with van der Waals surface area (Å²) in [5.74, 6) is 0.273. The molecule has 0 aromatic carbocycles. The Balaban J connectivity index is 2.65. The number of halogens is 1. The van der Waals surface area contributed by atoms with E-state index < -0.39 is 0 Å². The topological polar surface area (TPSA) is 64.5 Å². The molecule has 6 nitrogen and oxygen atoms in total. The number of carbonyl (C=O) groups is 1. The molecule has 0 aliphatic rings. The van der Waals surface area contributed by atoms with Crippen LogP contribution in [0.1, 0.15) is 13.3 Å². The van der Waals surface area contributed by atoms with Gasteiger partial charge in [-0.2, -0.15) is 4.98 Å². The molecule has 1 aromatic rings. The molecule has 1 aromatic heterocycles. The van der Waals surface area contributed by atoms with Gasteiger partial charge in [-0.15, -0.1) is 0 Å². The van der Waals surface area contributed by atoms with Crippen LogP contribution in [0.4, 0.5) is 5.82 Å². The Morgan fingerprint density at radius 2 is 2.28 bits per heavy atom. The second kappa shape index (κ2) is 7.00. The van der Waals surface area contributed by atoms with Crippen molar-refractivity contribution in [3.63, 3.8) is 0 Å². The lowest BCUT2D eigenvalue weighted by Crippen LogP contribution is -2.23. The Morgan fingerprint density at radius 3 is 2.89 bits per heavy atom. The molecule has 0 N–H and O–H groups in total. The van der Waals surface area contributed by atoms with Crippen molar-refractivity contribution in [1.29, 1.82) is 0 Å². The van der Waals surface area contributed by atoms with Gasteiger partial charge in [0.15, 0.2) is 5.82 Å². The lowest BCUT2D eigenvalue weighted by Gasteiger charge is -2.18. The van der Waals surface area contributed by atoms with Crippen molar-refractivity contribution in [2.24, 2.45) is 0 Å². The fraction of sp³-hybridized carbons (Fsp3) is 0.545. The monoisotopic (exact) mass is 273 g/mol. The first-order valence-electron chi connectivity index (χ1n) is 5.51. The van der Waals surface area contributed by atoms with Crippen LogP contribution in [0.25, 0.3) is 0 Å². The Labute approximate surface area is 111 Å². The van der Waals surface area contributed by atoms with Gasteiger partial charge in [-0.25, -0.2) is 4.98 Å². The van der Waals surface area contributed by atoms with E-state index in [9.17, 15) is 4.79 Å². The first-order chi connectivity index (χ1) is 8.58. The van der Waals surface area contributed by atoms with Crippen molar-refractivity contribution in [3.05, 3.63) is 11.2 Å². The molecule has 0 aliphatic carbocycles. The van der Waals surface area contributed by atoms with Crippen molar-refractivity contribution in [2.45, 2.75) is 13.3 Å². The molecule has 0 fully saturated rings. The molecule has 0 atom stereocenters. The maximum Gasteiger partial charge on any atom is 0.318 e. The largest absolute Gasteiger partial charge is 0.467 e. The van der Waals surface area contributed by atoms with Crippen LogP contribution in [0.3, 0.4) is 0 Å². The summed E-state index contributed by atoms with van der Waals surface area (Å²) in [6.07, 6.45) is 1.73. The summed E-state index contributed by atoms with van der Waals surface area (Å²) >= 11 is 5.99. The molecule has 0 bridgehead atoms. The molecular weight excluding hydrogens is 258 g/mol. The molecule has 0 amide bonds. The van der Waals surface area contributed by atoms with E-state index in [4.69, 9.17) is 21.1 Å². The normalized spacial score (nSPS) is 10.0. The highest BCUT2D eigenvalue weighted by Gasteiger charge is 2.12. The maximum absolute atomic E-state index is 11.2. The van der Waals surface area contributed by atoms with Crippen molar-refractivity contribution >= 4 is 23.4 Å². The number of nitrogens with zero attached hydrogens (tertiary/aromatic N) is 3. The summed E-state index contributed by atoms with van der Waals surface area (Å²) < 4.78 is 9.77. The predicted octanol–water partition coefficient (Wildman–Crippen LogP) is 1.53. The van der Waals surface area contributed by atoms with Crippen LogP contribution in [0, 0.1) is 0 Å². The average molecular weight is 274 g/mol. The highest BCUT2D eigenvalue weighted by atomic mass is 35.5. The quantitative estimate of drug-likeness (QED) is 0.733. The Bertz CT molecular complexity index is 415. The van der Waals surface area contributed by atoms with E-state index in [2.05, 4.69) is 9.97 Å². The number of aromatic nitrogens is 2. The molecule has 1 rings (SSSR count). The molecular formula is C11H16ClN3O3. The van der Waals surface area contributed by atoms with Crippen LogP contribution in [-0.4, -0.2) is 43.2 Å². The van der Waals surface area contributed by atoms with Gasteiger partial charge >= 0.3 is 12.0 Å². The SMILES string of the molecule is CCOC(=O)CCN(C)c1nc(OC)ncc1Cl. The molecule has 0 aliphatic heterocycles. The van der Waals surface area contributed by atoms with Crippen LogP contribution in [0.5, 0.6) is 6.01 Å². The highest BCUT2D eigenvalue weighted by molar-refractivity contribution is 6.32. The van der Waals surface area contributed by atoms with Crippen LogP contribution >= 0.6 is 11.6 Å². The second-order valence-corrected chi connectivity index (χ2v) is 3.91. The van der Waals surface area contributed by atoms with Crippen molar-refractivity contribution in [2.75, 3.05) is 32.2 Å². The molecule has 0 saturated heterocycles. The number of methoxy groups -OCH3 is 1. The minimum atomic E-state index is -0.249. The highest BCUT2D eigenvalue weighted by Crippen LogP contribution is 2.23. The number of hydrogen-bond donors (Lipinski definition) is 0. The second-order valence-electron chi connectivity index (χ2n) is 3.50. The number of esters is 1. The van der Waals surface area contributed by atoms with Gasteiger partial charge in [-0.05, 0) is 6.92 Å². The van der Waals surface area contributed by atoms with E-state index >= 15 is 0 Å². The van der Waals surface area contributed by atoms with Gasteiger partial charge in [-0.1, -0.05) is 11.6 Å². The first kappa shape index (κ1) is 14.5. The van der Waals surface area contributed by atoms with Gasteiger partial charge in [-0.3, -0.25) is 4.79 Å². The maximum atomic E-state index is 11.2.